The van der Waals surface area contributed by atoms with Crippen molar-refractivity contribution < 1.29 is 18.0 Å². The second-order valence-electron chi connectivity index (χ2n) is 9.55. The number of hydrogen-bond donors (Lipinski definition) is 1. The average Bonchev–Trinajstić information content (AvgIpc) is 2.78. The number of anilines is 1. The molecule has 184 valence electrons. The Morgan fingerprint density at radius 3 is 2.44 bits per heavy atom. The molecule has 3 rings (SSSR count). The maximum absolute atomic E-state index is 13.5. The molecule has 0 saturated carbocycles. The fourth-order valence-corrected chi connectivity index (χ4v) is 5.66. The van der Waals surface area contributed by atoms with Gasteiger partial charge in [0.05, 0.1) is 11.4 Å². The quantitative estimate of drug-likeness (QED) is 0.620. The second-order valence-corrected chi connectivity index (χ2v) is 11.5. The number of carbonyl (C=O) groups excluding carboxylic acids is 2. The number of benzene rings is 2. The normalized spacial score (nSPS) is 19.5. The molecule has 1 saturated heterocycles. The van der Waals surface area contributed by atoms with Crippen molar-refractivity contribution in [3.63, 3.8) is 0 Å². The first-order valence-corrected chi connectivity index (χ1v) is 13.2. The molecule has 1 fully saturated rings. The third kappa shape index (κ3) is 5.33. The van der Waals surface area contributed by atoms with E-state index in [1.54, 1.807) is 25.1 Å². The van der Waals surface area contributed by atoms with E-state index in [1.807, 2.05) is 32.0 Å². The zero-order valence-corrected chi connectivity index (χ0v) is 21.5. The number of hydrogen-bond acceptors (Lipinski definition) is 4. The van der Waals surface area contributed by atoms with Crippen LogP contribution < -0.4 is 10.2 Å². The molecule has 0 bridgehead atoms. The molecular weight excluding hydrogens is 450 g/mol. The molecule has 1 aliphatic heterocycles. The van der Waals surface area contributed by atoms with E-state index in [0.717, 1.165) is 28.3 Å². The number of nitrogens with one attached hydrogen (secondary N) is 1. The van der Waals surface area contributed by atoms with Crippen molar-refractivity contribution in [2.75, 3.05) is 24.5 Å². The predicted molar refractivity (Wildman–Crippen MR) is 134 cm³/mol. The Balaban J connectivity index is 2.02. The summed E-state index contributed by atoms with van der Waals surface area (Å²) in [6.45, 7) is 9.65. The molecule has 0 aromatic heterocycles. The van der Waals surface area contributed by atoms with Crippen molar-refractivity contribution in [1.82, 2.24) is 9.62 Å². The average molecular weight is 486 g/mol. The maximum atomic E-state index is 13.5. The standard InChI is InChI=1S/C26H35N3O4S/c1-6-21-8-7-9-22(16-21)29-24(30)17-28(34(32,33)23-12-10-20(4)11-13-23)18-26(29,5)25(31)27-15-14-19(2)3/h7-13,16,19H,6,14-15,17-18H2,1-5H3,(H,27,31). The van der Waals surface area contributed by atoms with Crippen LogP contribution in [0.3, 0.4) is 0 Å². The third-order valence-electron chi connectivity index (χ3n) is 6.27. The lowest BCUT2D eigenvalue weighted by Gasteiger charge is -2.46. The monoisotopic (exact) mass is 485 g/mol. The van der Waals surface area contributed by atoms with Gasteiger partial charge in [0.15, 0.2) is 0 Å². The number of sulfonamides is 1. The van der Waals surface area contributed by atoms with E-state index in [9.17, 15) is 18.0 Å². The Morgan fingerprint density at radius 2 is 1.82 bits per heavy atom. The highest BCUT2D eigenvalue weighted by Gasteiger charge is 2.51. The smallest absolute Gasteiger partial charge is 0.247 e. The maximum Gasteiger partial charge on any atom is 0.247 e. The van der Waals surface area contributed by atoms with Crippen molar-refractivity contribution in [2.45, 2.75) is 57.9 Å². The van der Waals surface area contributed by atoms with Crippen molar-refractivity contribution in [3.05, 3.63) is 59.7 Å². The molecule has 1 unspecified atom stereocenters. The van der Waals surface area contributed by atoms with Crippen LogP contribution in [-0.2, 0) is 26.0 Å². The minimum Gasteiger partial charge on any atom is -0.354 e. The summed E-state index contributed by atoms with van der Waals surface area (Å²) in [4.78, 5) is 28.6. The Labute approximate surface area is 203 Å². The van der Waals surface area contributed by atoms with E-state index in [-0.39, 0.29) is 23.9 Å². The van der Waals surface area contributed by atoms with Gasteiger partial charge in [-0.05, 0) is 62.4 Å². The summed E-state index contributed by atoms with van der Waals surface area (Å²) in [6, 6.07) is 14.0. The number of piperazine rings is 1. The number of rotatable bonds is 8. The van der Waals surface area contributed by atoms with E-state index < -0.39 is 21.5 Å². The highest BCUT2D eigenvalue weighted by Crippen LogP contribution is 2.33. The first-order chi connectivity index (χ1) is 16.0. The van der Waals surface area contributed by atoms with Gasteiger partial charge in [-0.3, -0.25) is 14.5 Å². The van der Waals surface area contributed by atoms with Gasteiger partial charge >= 0.3 is 0 Å². The van der Waals surface area contributed by atoms with Gasteiger partial charge in [-0.2, -0.15) is 4.31 Å². The molecule has 1 atom stereocenters. The van der Waals surface area contributed by atoms with Gasteiger partial charge in [-0.25, -0.2) is 8.42 Å². The van der Waals surface area contributed by atoms with Gasteiger partial charge in [-0.15, -0.1) is 0 Å². The Morgan fingerprint density at radius 1 is 1.15 bits per heavy atom. The molecule has 0 spiro atoms. The minimum absolute atomic E-state index is 0.106. The van der Waals surface area contributed by atoms with Crippen LogP contribution in [0, 0.1) is 12.8 Å². The molecule has 34 heavy (non-hydrogen) atoms. The molecule has 1 heterocycles. The summed E-state index contributed by atoms with van der Waals surface area (Å²) in [6.07, 6.45) is 1.56. The zero-order chi connectivity index (χ0) is 25.1. The van der Waals surface area contributed by atoms with Gasteiger partial charge in [0, 0.05) is 18.8 Å². The highest BCUT2D eigenvalue weighted by atomic mass is 32.2. The number of nitrogens with zero attached hydrogens (tertiary/aromatic N) is 2. The SMILES string of the molecule is CCc1cccc(N2C(=O)CN(S(=O)(=O)c3ccc(C)cc3)CC2(C)C(=O)NCCC(C)C)c1. The van der Waals surface area contributed by atoms with Crippen molar-refractivity contribution in [3.8, 4) is 0 Å². The molecular formula is C26H35N3O4S. The number of carbonyl (C=O) groups is 2. The Kier molecular flexibility index (Phi) is 7.83. The van der Waals surface area contributed by atoms with Gasteiger partial charge in [0.1, 0.15) is 5.54 Å². The first-order valence-electron chi connectivity index (χ1n) is 11.8. The highest BCUT2D eigenvalue weighted by molar-refractivity contribution is 7.89. The summed E-state index contributed by atoms with van der Waals surface area (Å²) in [5.74, 6) is -0.402. The van der Waals surface area contributed by atoms with Gasteiger partial charge in [0.2, 0.25) is 21.8 Å². The molecule has 0 aliphatic carbocycles. The summed E-state index contributed by atoms with van der Waals surface area (Å²) in [5, 5.41) is 2.94. The van der Waals surface area contributed by atoms with Crippen LogP contribution in [-0.4, -0.2) is 49.7 Å². The molecule has 2 aromatic carbocycles. The van der Waals surface area contributed by atoms with E-state index in [4.69, 9.17) is 0 Å². The number of aryl methyl sites for hydroxylation is 2. The second kappa shape index (κ2) is 10.3. The van der Waals surface area contributed by atoms with Crippen LogP contribution in [0.5, 0.6) is 0 Å². The molecule has 7 nitrogen and oxygen atoms in total. The van der Waals surface area contributed by atoms with E-state index in [2.05, 4.69) is 19.2 Å². The molecule has 2 aromatic rings. The van der Waals surface area contributed by atoms with Crippen LogP contribution >= 0.6 is 0 Å². The third-order valence-corrected chi connectivity index (χ3v) is 8.08. The van der Waals surface area contributed by atoms with Crippen LogP contribution in [0.2, 0.25) is 0 Å². The summed E-state index contributed by atoms with van der Waals surface area (Å²) in [5.41, 5.74) is 1.15. The van der Waals surface area contributed by atoms with E-state index >= 15 is 0 Å². The molecule has 2 amide bonds. The van der Waals surface area contributed by atoms with E-state index in [1.165, 1.54) is 17.0 Å². The molecule has 8 heteroatoms. The summed E-state index contributed by atoms with van der Waals surface area (Å²) in [7, 11) is -3.96. The summed E-state index contributed by atoms with van der Waals surface area (Å²) < 4.78 is 28.0. The van der Waals surface area contributed by atoms with Crippen LogP contribution in [0.15, 0.2) is 53.4 Å². The summed E-state index contributed by atoms with van der Waals surface area (Å²) >= 11 is 0. The lowest BCUT2D eigenvalue weighted by atomic mass is 9.94. The van der Waals surface area contributed by atoms with Crippen molar-refractivity contribution in [2.24, 2.45) is 5.92 Å². The molecule has 1 aliphatic rings. The topological polar surface area (TPSA) is 86.8 Å². The van der Waals surface area contributed by atoms with Crippen molar-refractivity contribution in [1.29, 1.82) is 0 Å². The van der Waals surface area contributed by atoms with Crippen LogP contribution in [0.4, 0.5) is 5.69 Å². The number of amides is 2. The Hall–Kier alpha value is -2.71. The van der Waals surface area contributed by atoms with Gasteiger partial charge < -0.3 is 5.32 Å². The fourth-order valence-electron chi connectivity index (χ4n) is 4.18. The Bertz CT molecular complexity index is 1140. The lowest BCUT2D eigenvalue weighted by Crippen LogP contribution is -2.70. The van der Waals surface area contributed by atoms with Gasteiger partial charge in [-0.1, -0.05) is 50.6 Å². The van der Waals surface area contributed by atoms with Crippen LogP contribution in [0.1, 0.15) is 45.2 Å². The largest absolute Gasteiger partial charge is 0.354 e. The van der Waals surface area contributed by atoms with Gasteiger partial charge in [0.25, 0.3) is 0 Å². The zero-order valence-electron chi connectivity index (χ0n) is 20.7. The predicted octanol–water partition coefficient (Wildman–Crippen LogP) is 3.52. The molecule has 0 radical (unpaired) electrons. The fraction of sp³-hybridized carbons (Fsp3) is 0.462. The van der Waals surface area contributed by atoms with E-state index in [0.29, 0.717) is 18.2 Å². The first kappa shape index (κ1) is 25.9. The minimum atomic E-state index is -3.96. The lowest BCUT2D eigenvalue weighted by molar-refractivity contribution is -0.132. The van der Waals surface area contributed by atoms with Crippen LogP contribution in [0.25, 0.3) is 0 Å². The van der Waals surface area contributed by atoms with Crippen molar-refractivity contribution >= 4 is 27.5 Å². The molecule has 1 N–H and O–H groups in total.